The summed E-state index contributed by atoms with van der Waals surface area (Å²) in [5.74, 6) is -0.857. The van der Waals surface area contributed by atoms with Crippen molar-refractivity contribution in [1.29, 1.82) is 0 Å². The maximum atomic E-state index is 12.4. The van der Waals surface area contributed by atoms with Gasteiger partial charge in [-0.05, 0) is 18.9 Å². The van der Waals surface area contributed by atoms with E-state index >= 15 is 0 Å². The Bertz CT molecular complexity index is 569. The number of rotatable bonds is 3. The zero-order valence-electron chi connectivity index (χ0n) is 12.7. The fraction of sp³-hybridized carbons (Fsp3) is 0.667. The molecule has 3 rings (SSSR count). The van der Waals surface area contributed by atoms with E-state index in [4.69, 9.17) is 4.74 Å². The fourth-order valence-corrected chi connectivity index (χ4v) is 3.27. The SMILES string of the molecule is Cc1cnn(C2(C(=O)O)CCN(C(=O)[C@H]3CCOC3)CC2)c1. The van der Waals surface area contributed by atoms with Gasteiger partial charge >= 0.3 is 5.97 Å². The maximum Gasteiger partial charge on any atom is 0.331 e. The average molecular weight is 307 g/mol. The number of aromatic nitrogens is 2. The van der Waals surface area contributed by atoms with Gasteiger partial charge in [-0.2, -0.15) is 5.10 Å². The predicted molar refractivity (Wildman–Crippen MR) is 77.3 cm³/mol. The Balaban J connectivity index is 1.73. The molecular weight excluding hydrogens is 286 g/mol. The highest BCUT2D eigenvalue weighted by atomic mass is 16.5. The van der Waals surface area contributed by atoms with Crippen LogP contribution in [0.25, 0.3) is 0 Å². The summed E-state index contributed by atoms with van der Waals surface area (Å²) in [6.07, 6.45) is 4.94. The Labute approximate surface area is 128 Å². The van der Waals surface area contributed by atoms with Crippen molar-refractivity contribution in [3.05, 3.63) is 18.0 Å². The smallest absolute Gasteiger partial charge is 0.331 e. The number of piperidine rings is 1. The number of aryl methyl sites for hydroxylation is 1. The van der Waals surface area contributed by atoms with Crippen LogP contribution in [0.4, 0.5) is 0 Å². The van der Waals surface area contributed by atoms with Gasteiger partial charge in [-0.1, -0.05) is 0 Å². The zero-order chi connectivity index (χ0) is 15.7. The number of aliphatic carboxylic acids is 1. The highest BCUT2D eigenvalue weighted by molar-refractivity contribution is 5.81. The molecule has 0 unspecified atom stereocenters. The van der Waals surface area contributed by atoms with Gasteiger partial charge in [-0.25, -0.2) is 4.79 Å². The number of nitrogens with zero attached hydrogens (tertiary/aromatic N) is 3. The molecule has 1 N–H and O–H groups in total. The monoisotopic (exact) mass is 307 g/mol. The fourth-order valence-electron chi connectivity index (χ4n) is 3.27. The predicted octanol–water partition coefficient (Wildman–Crippen LogP) is 0.630. The Morgan fingerprint density at radius 1 is 1.41 bits per heavy atom. The third kappa shape index (κ3) is 2.49. The molecule has 0 bridgehead atoms. The number of carbonyl (C=O) groups is 2. The zero-order valence-corrected chi connectivity index (χ0v) is 12.7. The first-order valence-electron chi connectivity index (χ1n) is 7.64. The molecule has 120 valence electrons. The number of ether oxygens (including phenoxy) is 1. The van der Waals surface area contributed by atoms with Crippen molar-refractivity contribution in [1.82, 2.24) is 14.7 Å². The molecule has 3 heterocycles. The Morgan fingerprint density at radius 2 is 2.14 bits per heavy atom. The molecule has 7 nitrogen and oxygen atoms in total. The van der Waals surface area contributed by atoms with E-state index in [1.165, 1.54) is 0 Å². The lowest BCUT2D eigenvalue weighted by Gasteiger charge is -2.39. The molecule has 2 fully saturated rings. The second kappa shape index (κ2) is 5.72. The van der Waals surface area contributed by atoms with Crippen LogP contribution in [0.3, 0.4) is 0 Å². The molecule has 1 amide bonds. The van der Waals surface area contributed by atoms with Crippen molar-refractivity contribution in [3.63, 3.8) is 0 Å². The van der Waals surface area contributed by atoms with Crippen LogP contribution in [0, 0.1) is 12.8 Å². The standard InChI is InChI=1S/C15H21N3O4/c1-11-8-16-18(9-11)15(14(20)21)3-5-17(6-4-15)13(19)12-2-7-22-10-12/h8-9,12H,2-7,10H2,1H3,(H,20,21)/t12-/m0/s1. The first-order chi connectivity index (χ1) is 10.5. The van der Waals surface area contributed by atoms with Crippen molar-refractivity contribution in [3.8, 4) is 0 Å². The number of carboxylic acid groups (broad SMARTS) is 1. The van der Waals surface area contributed by atoms with E-state index in [0.29, 0.717) is 39.1 Å². The molecule has 0 aromatic carbocycles. The number of carboxylic acids is 1. The molecule has 0 aliphatic carbocycles. The lowest BCUT2D eigenvalue weighted by Crippen LogP contribution is -2.53. The van der Waals surface area contributed by atoms with E-state index in [-0.39, 0.29) is 11.8 Å². The van der Waals surface area contributed by atoms with Crippen molar-refractivity contribution in [2.75, 3.05) is 26.3 Å². The molecule has 1 aromatic heterocycles. The molecule has 1 atom stereocenters. The minimum atomic E-state index is -1.04. The quantitative estimate of drug-likeness (QED) is 0.885. The van der Waals surface area contributed by atoms with Gasteiger partial charge < -0.3 is 14.7 Å². The topological polar surface area (TPSA) is 84.7 Å². The van der Waals surface area contributed by atoms with Crippen LogP contribution >= 0.6 is 0 Å². The van der Waals surface area contributed by atoms with Gasteiger partial charge in [-0.15, -0.1) is 0 Å². The van der Waals surface area contributed by atoms with Crippen LogP contribution in [-0.4, -0.2) is 58.0 Å². The second-order valence-electron chi connectivity index (χ2n) is 6.18. The first kappa shape index (κ1) is 15.0. The Kier molecular flexibility index (Phi) is 3.90. The normalized spacial score (nSPS) is 24.4. The van der Waals surface area contributed by atoms with Crippen LogP contribution in [0.1, 0.15) is 24.8 Å². The van der Waals surface area contributed by atoms with E-state index in [2.05, 4.69) is 5.10 Å². The summed E-state index contributed by atoms with van der Waals surface area (Å²) in [5.41, 5.74) is -0.112. The third-order valence-corrected chi connectivity index (χ3v) is 4.73. The molecule has 2 aliphatic rings. The second-order valence-corrected chi connectivity index (χ2v) is 6.18. The maximum absolute atomic E-state index is 12.4. The van der Waals surface area contributed by atoms with Crippen molar-refractivity contribution < 1.29 is 19.4 Å². The largest absolute Gasteiger partial charge is 0.479 e. The average Bonchev–Trinajstić information content (AvgIpc) is 3.18. The number of hydrogen-bond acceptors (Lipinski definition) is 4. The number of amides is 1. The molecule has 0 radical (unpaired) electrons. The van der Waals surface area contributed by atoms with Gasteiger partial charge in [0.05, 0.1) is 18.7 Å². The van der Waals surface area contributed by atoms with Crippen LogP contribution in [0.2, 0.25) is 0 Å². The van der Waals surface area contributed by atoms with Crippen LogP contribution < -0.4 is 0 Å². The van der Waals surface area contributed by atoms with Crippen molar-refractivity contribution in [2.24, 2.45) is 5.92 Å². The van der Waals surface area contributed by atoms with Crippen LogP contribution in [-0.2, 0) is 19.9 Å². The van der Waals surface area contributed by atoms with E-state index in [1.54, 1.807) is 22.0 Å². The van der Waals surface area contributed by atoms with Crippen molar-refractivity contribution >= 4 is 11.9 Å². The molecule has 7 heteroatoms. The Hall–Kier alpha value is -1.89. The molecule has 1 aromatic rings. The molecule has 2 saturated heterocycles. The molecular formula is C15H21N3O4. The molecule has 0 spiro atoms. The van der Waals surface area contributed by atoms with Crippen molar-refractivity contribution in [2.45, 2.75) is 31.7 Å². The van der Waals surface area contributed by atoms with E-state index in [9.17, 15) is 14.7 Å². The van der Waals surface area contributed by atoms with Gasteiger partial charge in [0.25, 0.3) is 0 Å². The minimum Gasteiger partial charge on any atom is -0.479 e. The lowest BCUT2D eigenvalue weighted by molar-refractivity contribution is -0.154. The number of likely N-dealkylation sites (tertiary alicyclic amines) is 1. The van der Waals surface area contributed by atoms with Crippen LogP contribution in [0.5, 0.6) is 0 Å². The summed E-state index contributed by atoms with van der Waals surface area (Å²) in [7, 11) is 0. The van der Waals surface area contributed by atoms with E-state index < -0.39 is 11.5 Å². The highest BCUT2D eigenvalue weighted by Gasteiger charge is 2.45. The first-order valence-corrected chi connectivity index (χ1v) is 7.64. The number of hydrogen-bond donors (Lipinski definition) is 1. The van der Waals surface area contributed by atoms with Gasteiger partial charge in [-0.3, -0.25) is 9.48 Å². The summed E-state index contributed by atoms with van der Waals surface area (Å²) in [5, 5.41) is 13.9. The molecule has 22 heavy (non-hydrogen) atoms. The molecule has 0 saturated carbocycles. The van der Waals surface area contributed by atoms with Gasteiger partial charge in [0.15, 0.2) is 5.54 Å². The lowest BCUT2D eigenvalue weighted by atomic mass is 9.87. The summed E-state index contributed by atoms with van der Waals surface area (Å²) in [6.45, 7) is 3.90. The summed E-state index contributed by atoms with van der Waals surface area (Å²) < 4.78 is 6.81. The minimum absolute atomic E-state index is 0.0655. The summed E-state index contributed by atoms with van der Waals surface area (Å²) >= 11 is 0. The highest BCUT2D eigenvalue weighted by Crippen LogP contribution is 2.31. The third-order valence-electron chi connectivity index (χ3n) is 4.73. The van der Waals surface area contributed by atoms with Crippen LogP contribution in [0.15, 0.2) is 12.4 Å². The Morgan fingerprint density at radius 3 is 2.64 bits per heavy atom. The van der Waals surface area contributed by atoms with E-state index in [1.807, 2.05) is 6.92 Å². The summed E-state index contributed by atoms with van der Waals surface area (Å²) in [6, 6.07) is 0. The van der Waals surface area contributed by atoms with Gasteiger partial charge in [0.2, 0.25) is 5.91 Å². The van der Waals surface area contributed by atoms with Gasteiger partial charge in [0.1, 0.15) is 0 Å². The van der Waals surface area contributed by atoms with E-state index in [0.717, 1.165) is 12.0 Å². The number of carbonyl (C=O) groups excluding carboxylic acids is 1. The summed E-state index contributed by atoms with van der Waals surface area (Å²) in [4.78, 5) is 26.0. The molecule has 2 aliphatic heterocycles. The van der Waals surface area contributed by atoms with Gasteiger partial charge in [0, 0.05) is 38.7 Å².